The monoisotopic (exact) mass is 298 g/mol. The minimum absolute atomic E-state index is 0.309. The molecule has 1 aliphatic heterocycles. The summed E-state index contributed by atoms with van der Waals surface area (Å²) in [6, 6.07) is 4.17. The number of rotatable bonds is 2. The molecular formula is C15H18N6O. The molecule has 0 spiro atoms. The molecule has 1 atom stereocenters. The second-order valence-electron chi connectivity index (χ2n) is 5.85. The van der Waals surface area contributed by atoms with E-state index in [0.29, 0.717) is 11.8 Å². The van der Waals surface area contributed by atoms with Crippen molar-refractivity contribution in [3.8, 4) is 0 Å². The fourth-order valence-electron chi connectivity index (χ4n) is 3.13. The van der Waals surface area contributed by atoms with Gasteiger partial charge in [0.2, 0.25) is 5.89 Å². The molecule has 4 rings (SSSR count). The summed E-state index contributed by atoms with van der Waals surface area (Å²) in [5.41, 5.74) is 1.94. The third-order valence-electron chi connectivity index (χ3n) is 4.28. The van der Waals surface area contributed by atoms with Crippen LogP contribution in [0.4, 0.5) is 5.82 Å². The first kappa shape index (κ1) is 13.2. The second-order valence-corrected chi connectivity index (χ2v) is 5.85. The number of anilines is 1. The third-order valence-corrected chi connectivity index (χ3v) is 4.28. The maximum atomic E-state index is 5.09. The molecule has 1 saturated heterocycles. The van der Waals surface area contributed by atoms with Gasteiger partial charge in [-0.15, -0.1) is 0 Å². The quantitative estimate of drug-likeness (QED) is 0.720. The average molecular weight is 298 g/mol. The molecule has 1 unspecified atom stereocenters. The number of aromatic nitrogens is 5. The molecule has 0 aromatic carbocycles. The fraction of sp³-hybridized carbons (Fsp3) is 0.467. The molecule has 0 aliphatic carbocycles. The van der Waals surface area contributed by atoms with E-state index in [-0.39, 0.29) is 0 Å². The van der Waals surface area contributed by atoms with Crippen molar-refractivity contribution in [2.75, 3.05) is 18.0 Å². The van der Waals surface area contributed by atoms with Gasteiger partial charge in [-0.05, 0) is 25.5 Å². The summed E-state index contributed by atoms with van der Waals surface area (Å²) in [6.45, 7) is 5.65. The van der Waals surface area contributed by atoms with E-state index in [1.165, 1.54) is 0 Å². The lowest BCUT2D eigenvalue weighted by Gasteiger charge is -2.16. The van der Waals surface area contributed by atoms with Crippen molar-refractivity contribution >= 4 is 16.9 Å². The van der Waals surface area contributed by atoms with Crippen LogP contribution < -0.4 is 4.90 Å². The highest BCUT2D eigenvalue weighted by atomic mass is 16.5. The van der Waals surface area contributed by atoms with E-state index in [9.17, 15) is 0 Å². The smallest absolute Gasteiger partial charge is 0.223 e. The van der Waals surface area contributed by atoms with Gasteiger partial charge < -0.3 is 9.42 Å². The van der Waals surface area contributed by atoms with Crippen LogP contribution in [0.2, 0.25) is 0 Å². The Bertz CT molecular complexity index is 836. The van der Waals surface area contributed by atoms with Crippen LogP contribution in [0.25, 0.3) is 11.0 Å². The molecule has 114 valence electrons. The predicted octanol–water partition coefficient (Wildman–Crippen LogP) is 1.96. The zero-order valence-electron chi connectivity index (χ0n) is 12.9. The van der Waals surface area contributed by atoms with Gasteiger partial charge in [0.15, 0.2) is 11.5 Å². The summed E-state index contributed by atoms with van der Waals surface area (Å²) >= 11 is 0. The number of hydrogen-bond acceptors (Lipinski definition) is 6. The van der Waals surface area contributed by atoms with Gasteiger partial charge in [-0.2, -0.15) is 10.1 Å². The van der Waals surface area contributed by atoms with E-state index in [0.717, 1.165) is 47.9 Å². The molecule has 1 aliphatic rings. The number of fused-ring (bicyclic) bond motifs is 1. The van der Waals surface area contributed by atoms with Gasteiger partial charge in [0.1, 0.15) is 5.82 Å². The van der Waals surface area contributed by atoms with Gasteiger partial charge in [-0.3, -0.25) is 4.68 Å². The van der Waals surface area contributed by atoms with Crippen LogP contribution in [0.3, 0.4) is 0 Å². The standard InChI is InChI=1S/C15H18N6O/c1-9-12-4-5-13(17-15(12)20(3)18-9)21-7-6-11(8-21)14-16-10(2)22-19-14/h4-5,11H,6-8H2,1-3H3. The minimum Gasteiger partial charge on any atom is -0.356 e. The van der Waals surface area contributed by atoms with Crippen molar-refractivity contribution in [1.29, 1.82) is 0 Å². The zero-order valence-corrected chi connectivity index (χ0v) is 12.9. The fourth-order valence-corrected chi connectivity index (χ4v) is 3.13. The molecule has 3 aromatic heterocycles. The largest absolute Gasteiger partial charge is 0.356 e. The Morgan fingerprint density at radius 1 is 1.23 bits per heavy atom. The van der Waals surface area contributed by atoms with E-state index in [2.05, 4.69) is 32.3 Å². The number of hydrogen-bond donors (Lipinski definition) is 0. The Balaban J connectivity index is 1.61. The summed E-state index contributed by atoms with van der Waals surface area (Å²) < 4.78 is 6.92. The van der Waals surface area contributed by atoms with E-state index in [4.69, 9.17) is 9.51 Å². The van der Waals surface area contributed by atoms with Crippen LogP contribution in [-0.4, -0.2) is 38.0 Å². The Labute approximate surface area is 127 Å². The summed E-state index contributed by atoms with van der Waals surface area (Å²) in [7, 11) is 1.93. The average Bonchev–Trinajstić information content (AvgIpc) is 3.20. The molecule has 0 radical (unpaired) electrons. The van der Waals surface area contributed by atoms with Crippen molar-refractivity contribution < 1.29 is 4.52 Å². The molecule has 0 amide bonds. The van der Waals surface area contributed by atoms with Crippen molar-refractivity contribution in [3.63, 3.8) is 0 Å². The first-order valence-corrected chi connectivity index (χ1v) is 7.47. The lowest BCUT2D eigenvalue weighted by molar-refractivity contribution is 0.384. The molecular weight excluding hydrogens is 280 g/mol. The highest BCUT2D eigenvalue weighted by Gasteiger charge is 2.28. The van der Waals surface area contributed by atoms with Gasteiger partial charge in [0.05, 0.1) is 5.69 Å². The summed E-state index contributed by atoms with van der Waals surface area (Å²) in [5.74, 6) is 2.72. The van der Waals surface area contributed by atoms with Gasteiger partial charge >= 0.3 is 0 Å². The zero-order chi connectivity index (χ0) is 15.3. The predicted molar refractivity (Wildman–Crippen MR) is 81.9 cm³/mol. The molecule has 4 heterocycles. The van der Waals surface area contributed by atoms with Gasteiger partial charge in [0, 0.05) is 38.4 Å². The number of pyridine rings is 1. The van der Waals surface area contributed by atoms with Crippen molar-refractivity contribution in [1.82, 2.24) is 24.9 Å². The molecule has 22 heavy (non-hydrogen) atoms. The minimum atomic E-state index is 0.309. The highest BCUT2D eigenvalue weighted by Crippen LogP contribution is 2.29. The highest BCUT2D eigenvalue weighted by molar-refractivity contribution is 5.80. The molecule has 0 bridgehead atoms. The van der Waals surface area contributed by atoms with Crippen molar-refractivity contribution in [2.24, 2.45) is 7.05 Å². The molecule has 7 heteroatoms. The van der Waals surface area contributed by atoms with Gasteiger partial charge in [-0.25, -0.2) is 4.98 Å². The second kappa shape index (κ2) is 4.79. The Morgan fingerprint density at radius 3 is 2.86 bits per heavy atom. The van der Waals surface area contributed by atoms with E-state index in [1.807, 2.05) is 25.6 Å². The lowest BCUT2D eigenvalue weighted by Crippen LogP contribution is -2.20. The maximum absolute atomic E-state index is 5.09. The van der Waals surface area contributed by atoms with Crippen molar-refractivity contribution in [2.45, 2.75) is 26.2 Å². The summed E-state index contributed by atoms with van der Waals surface area (Å²) in [4.78, 5) is 11.4. The first-order valence-electron chi connectivity index (χ1n) is 7.47. The van der Waals surface area contributed by atoms with Crippen LogP contribution in [0.15, 0.2) is 16.7 Å². The van der Waals surface area contributed by atoms with E-state index >= 15 is 0 Å². The van der Waals surface area contributed by atoms with Crippen LogP contribution in [0.5, 0.6) is 0 Å². The molecule has 0 saturated carbocycles. The van der Waals surface area contributed by atoms with Crippen LogP contribution in [0.1, 0.15) is 29.7 Å². The summed E-state index contributed by atoms with van der Waals surface area (Å²) in [6.07, 6.45) is 1.02. The van der Waals surface area contributed by atoms with Crippen molar-refractivity contribution in [3.05, 3.63) is 29.5 Å². The van der Waals surface area contributed by atoms with E-state index < -0.39 is 0 Å². The number of aryl methyl sites for hydroxylation is 3. The molecule has 7 nitrogen and oxygen atoms in total. The number of nitrogens with zero attached hydrogens (tertiary/aromatic N) is 6. The van der Waals surface area contributed by atoms with Crippen LogP contribution >= 0.6 is 0 Å². The van der Waals surface area contributed by atoms with Gasteiger partial charge in [-0.1, -0.05) is 5.16 Å². The first-order chi connectivity index (χ1) is 10.6. The van der Waals surface area contributed by atoms with E-state index in [1.54, 1.807) is 0 Å². The lowest BCUT2D eigenvalue weighted by atomic mass is 10.1. The van der Waals surface area contributed by atoms with Crippen LogP contribution in [-0.2, 0) is 7.05 Å². The third kappa shape index (κ3) is 2.04. The Hall–Kier alpha value is -2.44. The molecule has 3 aromatic rings. The topological polar surface area (TPSA) is 72.9 Å². The van der Waals surface area contributed by atoms with Crippen LogP contribution in [0, 0.1) is 13.8 Å². The van der Waals surface area contributed by atoms with Gasteiger partial charge in [0.25, 0.3) is 0 Å². The Kier molecular flexibility index (Phi) is 2.88. The Morgan fingerprint density at radius 2 is 2.09 bits per heavy atom. The normalized spacial score (nSPS) is 18.5. The SMILES string of the molecule is Cc1nc(C2CCN(c3ccc4c(C)nn(C)c4n3)C2)no1. The molecule has 1 fully saturated rings. The maximum Gasteiger partial charge on any atom is 0.223 e. The molecule has 0 N–H and O–H groups in total. The summed E-state index contributed by atoms with van der Waals surface area (Å²) in [5, 5.41) is 9.58.